The van der Waals surface area contributed by atoms with E-state index in [1.165, 1.54) is 32.2 Å². The number of hydrogen-bond acceptors (Lipinski definition) is 2. The highest BCUT2D eigenvalue weighted by Gasteiger charge is 2.20. The highest BCUT2D eigenvalue weighted by Crippen LogP contribution is 2.19. The van der Waals surface area contributed by atoms with Gasteiger partial charge in [0.15, 0.2) is 0 Å². The van der Waals surface area contributed by atoms with Gasteiger partial charge in [-0.25, -0.2) is 0 Å². The van der Waals surface area contributed by atoms with Crippen LogP contribution in [0.4, 0.5) is 0 Å². The Morgan fingerprint density at radius 1 is 1.36 bits per heavy atom. The van der Waals surface area contributed by atoms with Gasteiger partial charge in [0.05, 0.1) is 5.60 Å². The Hall–Kier alpha value is -0.0800. The maximum atomic E-state index is 5.71. The van der Waals surface area contributed by atoms with Crippen LogP contribution in [0.3, 0.4) is 0 Å². The molecule has 0 spiro atoms. The highest BCUT2D eigenvalue weighted by atomic mass is 16.5. The monoisotopic (exact) mass is 199 g/mol. The van der Waals surface area contributed by atoms with E-state index in [1.54, 1.807) is 0 Å². The van der Waals surface area contributed by atoms with Crippen molar-refractivity contribution in [2.24, 2.45) is 0 Å². The molecule has 1 aliphatic rings. The molecular formula is C12H25NO. The highest BCUT2D eigenvalue weighted by molar-refractivity contribution is 4.75. The van der Waals surface area contributed by atoms with E-state index >= 15 is 0 Å². The SMILES string of the molecule is CN1CCC[C@H]1CCCOC(C)(C)C. The first-order valence-corrected chi connectivity index (χ1v) is 5.83. The molecule has 2 heteroatoms. The molecule has 0 bridgehead atoms. The Labute approximate surface area is 88.6 Å². The van der Waals surface area contributed by atoms with Crippen molar-refractivity contribution in [1.29, 1.82) is 0 Å². The summed E-state index contributed by atoms with van der Waals surface area (Å²) >= 11 is 0. The van der Waals surface area contributed by atoms with Crippen LogP contribution in [0.15, 0.2) is 0 Å². The van der Waals surface area contributed by atoms with Crippen molar-refractivity contribution >= 4 is 0 Å². The zero-order chi connectivity index (χ0) is 10.6. The smallest absolute Gasteiger partial charge is 0.0598 e. The van der Waals surface area contributed by atoms with E-state index in [1.807, 2.05) is 0 Å². The molecule has 0 aliphatic carbocycles. The first-order chi connectivity index (χ1) is 6.49. The topological polar surface area (TPSA) is 12.5 Å². The zero-order valence-electron chi connectivity index (χ0n) is 10.2. The van der Waals surface area contributed by atoms with Gasteiger partial charge in [0.2, 0.25) is 0 Å². The maximum absolute atomic E-state index is 5.71. The third-order valence-corrected chi connectivity index (χ3v) is 2.89. The van der Waals surface area contributed by atoms with Crippen LogP contribution in [0, 0.1) is 0 Å². The minimum atomic E-state index is 0.0293. The summed E-state index contributed by atoms with van der Waals surface area (Å²) in [5.74, 6) is 0. The normalized spacial score (nSPS) is 24.4. The van der Waals surface area contributed by atoms with Crippen LogP contribution in [0.5, 0.6) is 0 Å². The fraction of sp³-hybridized carbons (Fsp3) is 1.00. The molecule has 0 aromatic heterocycles. The molecule has 0 amide bonds. The summed E-state index contributed by atoms with van der Waals surface area (Å²) < 4.78 is 5.71. The first kappa shape index (κ1) is 12.0. The van der Waals surface area contributed by atoms with E-state index in [9.17, 15) is 0 Å². The van der Waals surface area contributed by atoms with Crippen molar-refractivity contribution in [1.82, 2.24) is 4.90 Å². The summed E-state index contributed by atoms with van der Waals surface area (Å²) in [6.45, 7) is 8.55. The Bertz CT molecular complexity index is 162. The number of nitrogens with zero attached hydrogens (tertiary/aromatic N) is 1. The summed E-state index contributed by atoms with van der Waals surface area (Å²) in [6, 6.07) is 0.818. The van der Waals surface area contributed by atoms with E-state index in [-0.39, 0.29) is 5.60 Å². The summed E-state index contributed by atoms with van der Waals surface area (Å²) in [6.07, 6.45) is 5.26. The molecule has 14 heavy (non-hydrogen) atoms. The number of likely N-dealkylation sites (tertiary alicyclic amines) is 1. The molecular weight excluding hydrogens is 174 g/mol. The quantitative estimate of drug-likeness (QED) is 0.645. The minimum absolute atomic E-state index is 0.0293. The fourth-order valence-electron chi connectivity index (χ4n) is 2.04. The maximum Gasteiger partial charge on any atom is 0.0598 e. The van der Waals surface area contributed by atoms with E-state index in [2.05, 4.69) is 32.7 Å². The second-order valence-corrected chi connectivity index (χ2v) is 5.38. The predicted molar refractivity (Wildman–Crippen MR) is 60.6 cm³/mol. The van der Waals surface area contributed by atoms with Gasteiger partial charge in [-0.15, -0.1) is 0 Å². The Balaban J connectivity index is 2.04. The Morgan fingerprint density at radius 3 is 2.57 bits per heavy atom. The van der Waals surface area contributed by atoms with E-state index in [0.717, 1.165) is 12.6 Å². The van der Waals surface area contributed by atoms with Gasteiger partial charge in [0, 0.05) is 12.6 Å². The summed E-state index contributed by atoms with van der Waals surface area (Å²) in [4.78, 5) is 2.48. The largest absolute Gasteiger partial charge is 0.376 e. The van der Waals surface area contributed by atoms with E-state index in [0.29, 0.717) is 0 Å². The lowest BCUT2D eigenvalue weighted by Gasteiger charge is -2.22. The molecule has 1 atom stereocenters. The van der Waals surface area contributed by atoms with Gasteiger partial charge in [-0.2, -0.15) is 0 Å². The lowest BCUT2D eigenvalue weighted by Crippen LogP contribution is -2.26. The van der Waals surface area contributed by atoms with Crippen LogP contribution in [0.1, 0.15) is 46.5 Å². The molecule has 2 nitrogen and oxygen atoms in total. The molecule has 0 aromatic carbocycles. The molecule has 0 radical (unpaired) electrons. The van der Waals surface area contributed by atoms with Crippen LogP contribution in [0.2, 0.25) is 0 Å². The summed E-state index contributed by atoms with van der Waals surface area (Å²) in [7, 11) is 2.24. The number of rotatable bonds is 4. The van der Waals surface area contributed by atoms with Gasteiger partial charge >= 0.3 is 0 Å². The average molecular weight is 199 g/mol. The molecule has 1 saturated heterocycles. The standard InChI is InChI=1S/C12H25NO/c1-12(2,3)14-10-6-8-11-7-5-9-13(11)4/h11H,5-10H2,1-4H3/t11-/m0/s1. The molecule has 0 N–H and O–H groups in total. The second-order valence-electron chi connectivity index (χ2n) is 5.38. The third kappa shape index (κ3) is 4.43. The second kappa shape index (κ2) is 5.13. The average Bonchev–Trinajstić information content (AvgIpc) is 2.44. The molecule has 84 valence electrons. The molecule has 1 rings (SSSR count). The van der Waals surface area contributed by atoms with Crippen LogP contribution in [0.25, 0.3) is 0 Å². The van der Waals surface area contributed by atoms with Crippen LogP contribution in [-0.4, -0.2) is 36.7 Å². The predicted octanol–water partition coefficient (Wildman–Crippen LogP) is 2.68. The lowest BCUT2D eigenvalue weighted by molar-refractivity contribution is -0.00617. The van der Waals surface area contributed by atoms with Crippen LogP contribution < -0.4 is 0 Å². The van der Waals surface area contributed by atoms with E-state index < -0.39 is 0 Å². The Morgan fingerprint density at radius 2 is 2.07 bits per heavy atom. The summed E-state index contributed by atoms with van der Waals surface area (Å²) in [5.41, 5.74) is 0.0293. The van der Waals surface area contributed by atoms with Crippen LogP contribution in [-0.2, 0) is 4.74 Å². The van der Waals surface area contributed by atoms with Gasteiger partial charge in [0.1, 0.15) is 0 Å². The third-order valence-electron chi connectivity index (χ3n) is 2.89. The molecule has 1 aliphatic heterocycles. The summed E-state index contributed by atoms with van der Waals surface area (Å²) in [5, 5.41) is 0. The van der Waals surface area contributed by atoms with Gasteiger partial charge < -0.3 is 9.64 Å². The van der Waals surface area contributed by atoms with Crippen molar-refractivity contribution < 1.29 is 4.74 Å². The Kier molecular flexibility index (Phi) is 4.39. The number of hydrogen-bond donors (Lipinski definition) is 0. The minimum Gasteiger partial charge on any atom is -0.376 e. The molecule has 0 unspecified atom stereocenters. The fourth-order valence-corrected chi connectivity index (χ4v) is 2.04. The van der Waals surface area contributed by atoms with Crippen molar-refractivity contribution in [3.05, 3.63) is 0 Å². The molecule has 1 heterocycles. The van der Waals surface area contributed by atoms with Gasteiger partial charge in [-0.1, -0.05) is 0 Å². The zero-order valence-corrected chi connectivity index (χ0v) is 10.2. The van der Waals surface area contributed by atoms with Crippen molar-refractivity contribution in [3.63, 3.8) is 0 Å². The van der Waals surface area contributed by atoms with Crippen LogP contribution >= 0.6 is 0 Å². The first-order valence-electron chi connectivity index (χ1n) is 5.83. The number of ether oxygens (including phenoxy) is 1. The van der Waals surface area contributed by atoms with Crippen molar-refractivity contribution in [2.75, 3.05) is 20.2 Å². The van der Waals surface area contributed by atoms with Gasteiger partial charge in [-0.05, 0) is 60.0 Å². The molecule has 0 aromatic rings. The molecule has 0 saturated carbocycles. The molecule has 1 fully saturated rings. The van der Waals surface area contributed by atoms with E-state index in [4.69, 9.17) is 4.74 Å². The van der Waals surface area contributed by atoms with Gasteiger partial charge in [0.25, 0.3) is 0 Å². The lowest BCUT2D eigenvalue weighted by atomic mass is 10.1. The van der Waals surface area contributed by atoms with Crippen molar-refractivity contribution in [2.45, 2.75) is 58.1 Å². The van der Waals surface area contributed by atoms with Crippen molar-refractivity contribution in [3.8, 4) is 0 Å². The van der Waals surface area contributed by atoms with Gasteiger partial charge in [-0.3, -0.25) is 0 Å².